The van der Waals surface area contributed by atoms with Crippen molar-refractivity contribution >= 4 is 15.9 Å². The summed E-state index contributed by atoms with van der Waals surface area (Å²) in [7, 11) is 0. The molecule has 0 saturated carbocycles. The lowest BCUT2D eigenvalue weighted by Gasteiger charge is -2.08. The fourth-order valence-corrected chi connectivity index (χ4v) is 1.39. The van der Waals surface area contributed by atoms with Crippen molar-refractivity contribution < 1.29 is 4.39 Å². The van der Waals surface area contributed by atoms with E-state index in [1.807, 2.05) is 6.92 Å². The summed E-state index contributed by atoms with van der Waals surface area (Å²) >= 11 is 3.34. The third kappa shape index (κ3) is 3.13. The molecule has 0 heterocycles. The van der Waals surface area contributed by atoms with Gasteiger partial charge < -0.3 is 0 Å². The first-order valence-electron chi connectivity index (χ1n) is 4.27. The number of hydrogen-bond acceptors (Lipinski definition) is 1. The molecule has 3 heteroatoms. The van der Waals surface area contributed by atoms with Crippen LogP contribution in [0, 0.1) is 18.2 Å². The van der Waals surface area contributed by atoms with Crippen molar-refractivity contribution in [2.24, 2.45) is 0 Å². The topological polar surface area (TPSA) is 12.0 Å². The number of nitrogens with one attached hydrogen (secondary N) is 1. The largest absolute Gasteiger partial charge is 0.300 e. The molecule has 0 fully saturated rings. The maximum Gasteiger partial charge on any atom is 0.123 e. The average molecular weight is 256 g/mol. The van der Waals surface area contributed by atoms with Gasteiger partial charge in [-0.2, -0.15) is 0 Å². The summed E-state index contributed by atoms with van der Waals surface area (Å²) in [5.74, 6) is 2.31. The Balaban J connectivity index is 2.67. The summed E-state index contributed by atoms with van der Waals surface area (Å²) in [5, 5.41) is 3.08. The first kappa shape index (κ1) is 11.2. The molecule has 1 aromatic carbocycles. The van der Waals surface area contributed by atoms with E-state index in [2.05, 4.69) is 27.2 Å². The first-order valence-corrected chi connectivity index (χ1v) is 5.06. The maximum absolute atomic E-state index is 12.9. The van der Waals surface area contributed by atoms with Gasteiger partial charge in [0.2, 0.25) is 0 Å². The molecule has 1 aromatic rings. The van der Waals surface area contributed by atoms with Gasteiger partial charge in [0.15, 0.2) is 0 Å². The molecule has 1 atom stereocenters. The Morgan fingerprint density at radius 2 is 2.36 bits per heavy atom. The number of halogens is 2. The summed E-state index contributed by atoms with van der Waals surface area (Å²) in [4.78, 5) is 0. The fraction of sp³-hybridized carbons (Fsp3) is 0.273. The second kappa shape index (κ2) is 5.14. The number of rotatable bonds is 3. The molecular weight excluding hydrogens is 245 g/mol. The van der Waals surface area contributed by atoms with Gasteiger partial charge in [-0.3, -0.25) is 5.32 Å². The Morgan fingerprint density at radius 3 is 3.00 bits per heavy atom. The van der Waals surface area contributed by atoms with Crippen LogP contribution in [0.3, 0.4) is 0 Å². The van der Waals surface area contributed by atoms with Crippen LogP contribution in [0.5, 0.6) is 0 Å². The van der Waals surface area contributed by atoms with Crippen molar-refractivity contribution in [3.8, 4) is 12.3 Å². The predicted molar refractivity (Wildman–Crippen MR) is 59.2 cm³/mol. The molecule has 0 spiro atoms. The van der Waals surface area contributed by atoms with Gasteiger partial charge in [-0.1, -0.05) is 21.9 Å². The van der Waals surface area contributed by atoms with E-state index in [4.69, 9.17) is 6.42 Å². The summed E-state index contributed by atoms with van der Waals surface area (Å²) in [6.45, 7) is 2.44. The van der Waals surface area contributed by atoms with Gasteiger partial charge in [0.25, 0.3) is 0 Å². The first-order chi connectivity index (χ1) is 6.63. The van der Waals surface area contributed by atoms with Crippen LogP contribution in [0.2, 0.25) is 0 Å². The molecule has 14 heavy (non-hydrogen) atoms. The monoisotopic (exact) mass is 255 g/mol. The molecule has 0 aliphatic carbocycles. The number of terminal acetylenes is 1. The minimum atomic E-state index is -0.238. The van der Waals surface area contributed by atoms with Crippen LogP contribution < -0.4 is 5.32 Å². The number of hydrogen-bond donors (Lipinski definition) is 1. The lowest BCUT2D eigenvalue weighted by Crippen LogP contribution is -2.23. The number of benzene rings is 1. The predicted octanol–water partition coefficient (Wildman–Crippen LogP) is 2.70. The Labute approximate surface area is 91.8 Å². The molecule has 0 aliphatic rings. The van der Waals surface area contributed by atoms with Crippen LogP contribution in [0.1, 0.15) is 12.5 Å². The molecular formula is C11H11BrFN. The molecule has 0 aliphatic heterocycles. The van der Waals surface area contributed by atoms with Crippen molar-refractivity contribution in [3.05, 3.63) is 34.1 Å². The van der Waals surface area contributed by atoms with E-state index in [0.717, 1.165) is 10.0 Å². The highest BCUT2D eigenvalue weighted by atomic mass is 79.9. The third-order valence-electron chi connectivity index (χ3n) is 1.86. The second-order valence-corrected chi connectivity index (χ2v) is 3.86. The smallest absolute Gasteiger partial charge is 0.123 e. The van der Waals surface area contributed by atoms with Crippen molar-refractivity contribution in [1.29, 1.82) is 0 Å². The standard InChI is InChI=1S/C11H11BrFN/c1-3-8(2)14-7-9-6-10(13)4-5-11(9)12/h1,4-6,8,14H,7H2,2H3. The van der Waals surface area contributed by atoms with Crippen molar-refractivity contribution in [2.45, 2.75) is 19.5 Å². The zero-order valence-corrected chi connectivity index (χ0v) is 9.44. The van der Waals surface area contributed by atoms with Gasteiger partial charge in [0, 0.05) is 11.0 Å². The third-order valence-corrected chi connectivity index (χ3v) is 2.63. The maximum atomic E-state index is 12.9. The summed E-state index contributed by atoms with van der Waals surface area (Å²) in [5.41, 5.74) is 0.868. The molecule has 1 N–H and O–H groups in total. The Morgan fingerprint density at radius 1 is 1.64 bits per heavy atom. The van der Waals surface area contributed by atoms with E-state index < -0.39 is 0 Å². The highest BCUT2D eigenvalue weighted by Gasteiger charge is 2.02. The normalized spacial score (nSPS) is 12.1. The Bertz CT molecular complexity index is 357. The highest BCUT2D eigenvalue weighted by molar-refractivity contribution is 9.10. The molecule has 1 rings (SSSR count). The average Bonchev–Trinajstić information content (AvgIpc) is 2.19. The molecule has 0 amide bonds. The lowest BCUT2D eigenvalue weighted by atomic mass is 10.2. The van der Waals surface area contributed by atoms with Crippen LogP contribution in [-0.2, 0) is 6.54 Å². The molecule has 1 unspecified atom stereocenters. The molecule has 0 bridgehead atoms. The van der Waals surface area contributed by atoms with Crippen molar-refractivity contribution in [3.63, 3.8) is 0 Å². The van der Waals surface area contributed by atoms with E-state index in [1.54, 1.807) is 6.07 Å². The SMILES string of the molecule is C#CC(C)NCc1cc(F)ccc1Br. The minimum Gasteiger partial charge on any atom is -0.300 e. The Kier molecular flexibility index (Phi) is 4.12. The summed E-state index contributed by atoms with van der Waals surface area (Å²) in [6, 6.07) is 4.58. The fourth-order valence-electron chi connectivity index (χ4n) is 1.00. The molecule has 74 valence electrons. The van der Waals surface area contributed by atoms with Crippen LogP contribution in [0.15, 0.2) is 22.7 Å². The van der Waals surface area contributed by atoms with E-state index in [-0.39, 0.29) is 11.9 Å². The van der Waals surface area contributed by atoms with Crippen LogP contribution in [-0.4, -0.2) is 6.04 Å². The van der Waals surface area contributed by atoms with Gasteiger partial charge in [0.1, 0.15) is 5.82 Å². The molecule has 0 saturated heterocycles. The van der Waals surface area contributed by atoms with Gasteiger partial charge >= 0.3 is 0 Å². The molecule has 0 radical (unpaired) electrons. The van der Waals surface area contributed by atoms with Crippen LogP contribution >= 0.6 is 15.9 Å². The van der Waals surface area contributed by atoms with E-state index >= 15 is 0 Å². The summed E-state index contributed by atoms with van der Waals surface area (Å²) < 4.78 is 13.7. The quantitative estimate of drug-likeness (QED) is 0.820. The molecule has 0 aromatic heterocycles. The summed E-state index contributed by atoms with van der Waals surface area (Å²) in [6.07, 6.45) is 5.21. The zero-order chi connectivity index (χ0) is 10.6. The van der Waals surface area contributed by atoms with Gasteiger partial charge in [0.05, 0.1) is 6.04 Å². The van der Waals surface area contributed by atoms with E-state index in [9.17, 15) is 4.39 Å². The minimum absolute atomic E-state index is 0.00910. The van der Waals surface area contributed by atoms with E-state index in [1.165, 1.54) is 12.1 Å². The van der Waals surface area contributed by atoms with Crippen LogP contribution in [0.25, 0.3) is 0 Å². The zero-order valence-electron chi connectivity index (χ0n) is 7.85. The highest BCUT2D eigenvalue weighted by Crippen LogP contribution is 2.17. The van der Waals surface area contributed by atoms with E-state index in [0.29, 0.717) is 6.54 Å². The van der Waals surface area contributed by atoms with Gasteiger partial charge in [-0.05, 0) is 30.7 Å². The lowest BCUT2D eigenvalue weighted by molar-refractivity contribution is 0.613. The van der Waals surface area contributed by atoms with Crippen LogP contribution in [0.4, 0.5) is 4.39 Å². The Hall–Kier alpha value is -0.850. The molecule has 1 nitrogen and oxygen atoms in total. The second-order valence-electron chi connectivity index (χ2n) is 3.00. The van der Waals surface area contributed by atoms with Crippen molar-refractivity contribution in [1.82, 2.24) is 5.32 Å². The van der Waals surface area contributed by atoms with Crippen molar-refractivity contribution in [2.75, 3.05) is 0 Å². The van der Waals surface area contributed by atoms with Gasteiger partial charge in [-0.25, -0.2) is 4.39 Å². The van der Waals surface area contributed by atoms with Gasteiger partial charge in [-0.15, -0.1) is 6.42 Å².